The molecule has 1 fully saturated rings. The van der Waals surface area contributed by atoms with Gasteiger partial charge in [-0.15, -0.1) is 10.2 Å². The Labute approximate surface area is 249 Å². The zero-order valence-electron chi connectivity index (χ0n) is 23.7. The molecule has 2 amide bonds. The molecule has 0 aliphatic carbocycles. The Morgan fingerprint density at radius 1 is 1.05 bits per heavy atom. The minimum atomic E-state index is -0.624. The summed E-state index contributed by atoms with van der Waals surface area (Å²) in [4.78, 5) is 23.5. The van der Waals surface area contributed by atoms with Crippen LogP contribution in [0.3, 0.4) is 0 Å². The number of aliphatic hydroxyl groups is 1. The highest BCUT2D eigenvalue weighted by Crippen LogP contribution is 2.43. The lowest BCUT2D eigenvalue weighted by atomic mass is 9.91. The molecule has 1 aliphatic heterocycles. The minimum Gasteiger partial charge on any atom is -0.392 e. The second kappa shape index (κ2) is 15.4. The number of carbonyl (C=O) groups is 2. The molecule has 0 unspecified atom stereocenters. The molecule has 2 heterocycles. The van der Waals surface area contributed by atoms with Crippen LogP contribution in [-0.2, 0) is 25.7 Å². The molecule has 1 aliphatic rings. The molecule has 0 bridgehead atoms. The number of unbranched alkanes of at least 4 members (excludes halogenated alkanes) is 2. The molecule has 3 N–H and O–H groups in total. The van der Waals surface area contributed by atoms with Crippen molar-refractivity contribution in [1.29, 1.82) is 0 Å². The van der Waals surface area contributed by atoms with E-state index in [1.165, 1.54) is 6.92 Å². The van der Waals surface area contributed by atoms with Gasteiger partial charge in [0.15, 0.2) is 10.6 Å². The number of hydrogen-bond acceptors (Lipinski definition) is 9. The second-order valence-electron chi connectivity index (χ2n) is 10.2. The van der Waals surface area contributed by atoms with Crippen LogP contribution in [0, 0.1) is 12.8 Å². The van der Waals surface area contributed by atoms with Gasteiger partial charge in [0.05, 0.1) is 18.8 Å². The Morgan fingerprint density at radius 2 is 1.85 bits per heavy atom. The molecule has 2 aromatic carbocycles. The van der Waals surface area contributed by atoms with Crippen molar-refractivity contribution in [1.82, 2.24) is 15.5 Å². The smallest absolute Gasteiger partial charge is 0.224 e. The number of amides is 2. The lowest BCUT2D eigenvalue weighted by Crippen LogP contribution is -2.38. The van der Waals surface area contributed by atoms with E-state index in [9.17, 15) is 14.7 Å². The van der Waals surface area contributed by atoms with E-state index in [2.05, 4.69) is 27.8 Å². The van der Waals surface area contributed by atoms with Crippen molar-refractivity contribution in [3.05, 3.63) is 70.2 Å². The average Bonchev–Trinajstić information content (AvgIpc) is 3.39. The number of thioether (sulfide) groups is 1. The fourth-order valence-corrected chi connectivity index (χ4v) is 6.64. The van der Waals surface area contributed by atoms with E-state index in [-0.39, 0.29) is 36.5 Å². The number of aryl methyl sites for hydroxylation is 1. The first-order chi connectivity index (χ1) is 19.8. The van der Waals surface area contributed by atoms with Gasteiger partial charge in [0, 0.05) is 42.8 Å². The van der Waals surface area contributed by atoms with Crippen LogP contribution < -0.4 is 10.6 Å². The van der Waals surface area contributed by atoms with Gasteiger partial charge in [0.2, 0.25) is 11.8 Å². The van der Waals surface area contributed by atoms with Crippen molar-refractivity contribution in [2.24, 2.45) is 5.92 Å². The van der Waals surface area contributed by atoms with E-state index in [4.69, 9.17) is 9.47 Å². The van der Waals surface area contributed by atoms with E-state index < -0.39 is 6.29 Å². The van der Waals surface area contributed by atoms with Crippen LogP contribution in [0.2, 0.25) is 0 Å². The van der Waals surface area contributed by atoms with E-state index in [1.807, 2.05) is 55.5 Å². The molecule has 0 spiro atoms. The molecule has 4 atom stereocenters. The second-order valence-corrected chi connectivity index (χ2v) is 12.6. The van der Waals surface area contributed by atoms with Gasteiger partial charge < -0.3 is 25.2 Å². The van der Waals surface area contributed by atoms with Crippen molar-refractivity contribution in [3.63, 3.8) is 0 Å². The molecule has 11 heteroatoms. The molecule has 9 nitrogen and oxygen atoms in total. The SMILES string of the molecule is CC(=O)NCCCCCC(=O)Nc1cccc([C@@H]2O[C@H](CSc3nnc(C)s3)[C@H](C)[C@H](c3ccc(CO)cc3)O2)c1. The molecule has 41 heavy (non-hydrogen) atoms. The Kier molecular flexibility index (Phi) is 11.7. The summed E-state index contributed by atoms with van der Waals surface area (Å²) >= 11 is 3.20. The molecular formula is C30H38N4O5S2. The number of nitrogens with one attached hydrogen (secondary N) is 2. The van der Waals surface area contributed by atoms with Gasteiger partial charge in [0.25, 0.3) is 0 Å². The first-order valence-corrected chi connectivity index (χ1v) is 15.7. The highest BCUT2D eigenvalue weighted by Gasteiger charge is 2.38. The molecule has 0 saturated carbocycles. The summed E-state index contributed by atoms with van der Waals surface area (Å²) in [6, 6.07) is 15.4. The lowest BCUT2D eigenvalue weighted by molar-refractivity contribution is -0.268. The number of aromatic nitrogens is 2. The van der Waals surface area contributed by atoms with Crippen molar-refractivity contribution in [2.45, 2.75) is 75.9 Å². The molecule has 0 radical (unpaired) electrons. The van der Waals surface area contributed by atoms with Crippen LogP contribution >= 0.6 is 23.1 Å². The Morgan fingerprint density at radius 3 is 2.56 bits per heavy atom. The topological polar surface area (TPSA) is 123 Å². The van der Waals surface area contributed by atoms with E-state index in [0.29, 0.717) is 24.4 Å². The van der Waals surface area contributed by atoms with E-state index in [0.717, 1.165) is 45.3 Å². The standard InChI is InChI=1S/C30H38N4O5S2/c1-19-26(18-40-30-34-33-21(3)41-30)38-29(39-28(19)23-13-11-22(17-35)12-14-23)24-8-7-9-25(16-24)32-27(37)10-5-4-6-15-31-20(2)36/h7-9,11-14,16,19,26,28-29,35H,4-6,10,15,17-18H2,1-3H3,(H,31,36)(H,32,37)/t19-,26+,28+,29+/m0/s1. The average molecular weight is 599 g/mol. The summed E-state index contributed by atoms with van der Waals surface area (Å²) in [6.07, 6.45) is 1.91. The van der Waals surface area contributed by atoms with Crippen molar-refractivity contribution < 1.29 is 24.2 Å². The monoisotopic (exact) mass is 598 g/mol. The Hall–Kier alpha value is -2.83. The largest absolute Gasteiger partial charge is 0.392 e. The van der Waals surface area contributed by atoms with Crippen LogP contribution in [0.5, 0.6) is 0 Å². The lowest BCUT2D eigenvalue weighted by Gasteiger charge is -2.41. The van der Waals surface area contributed by atoms with Crippen LogP contribution in [0.15, 0.2) is 52.9 Å². The first-order valence-electron chi connectivity index (χ1n) is 13.9. The summed E-state index contributed by atoms with van der Waals surface area (Å²) < 4.78 is 14.0. The zero-order valence-corrected chi connectivity index (χ0v) is 25.3. The van der Waals surface area contributed by atoms with Gasteiger partial charge in [-0.25, -0.2) is 0 Å². The number of carbonyl (C=O) groups excluding carboxylic acids is 2. The summed E-state index contributed by atoms with van der Waals surface area (Å²) in [5.41, 5.74) is 3.38. The van der Waals surface area contributed by atoms with Crippen molar-refractivity contribution in [2.75, 3.05) is 17.6 Å². The predicted molar refractivity (Wildman–Crippen MR) is 161 cm³/mol. The number of nitrogens with zero attached hydrogens (tertiary/aromatic N) is 2. The highest BCUT2D eigenvalue weighted by molar-refractivity contribution is 8.01. The summed E-state index contributed by atoms with van der Waals surface area (Å²) in [5.74, 6) is 0.663. The van der Waals surface area contributed by atoms with Crippen LogP contribution in [0.4, 0.5) is 5.69 Å². The Balaban J connectivity index is 1.43. The summed E-state index contributed by atoms with van der Waals surface area (Å²) in [5, 5.41) is 24.5. The quantitative estimate of drug-likeness (QED) is 0.173. The van der Waals surface area contributed by atoms with Crippen molar-refractivity contribution >= 4 is 40.6 Å². The summed E-state index contributed by atoms with van der Waals surface area (Å²) in [7, 11) is 0. The highest BCUT2D eigenvalue weighted by atomic mass is 32.2. The molecule has 1 saturated heterocycles. The zero-order chi connectivity index (χ0) is 29.2. The number of benzene rings is 2. The number of rotatable bonds is 13. The number of hydrogen-bond donors (Lipinski definition) is 3. The fraction of sp³-hybridized carbons (Fsp3) is 0.467. The maximum atomic E-state index is 12.6. The minimum absolute atomic E-state index is 0.0107. The van der Waals surface area contributed by atoms with Crippen LogP contribution in [-0.4, -0.2) is 45.5 Å². The molecule has 1 aromatic heterocycles. The van der Waals surface area contributed by atoms with Crippen LogP contribution in [0.1, 0.15) is 73.6 Å². The normalized spacial score (nSPS) is 20.5. The number of aliphatic hydroxyl groups excluding tert-OH is 1. The third-order valence-electron chi connectivity index (χ3n) is 6.90. The van der Waals surface area contributed by atoms with Gasteiger partial charge >= 0.3 is 0 Å². The van der Waals surface area contributed by atoms with Crippen molar-refractivity contribution in [3.8, 4) is 0 Å². The molecule has 220 valence electrons. The molecular weight excluding hydrogens is 560 g/mol. The summed E-state index contributed by atoms with van der Waals surface area (Å²) in [6.45, 7) is 6.19. The fourth-order valence-electron chi connectivity index (χ4n) is 4.64. The maximum Gasteiger partial charge on any atom is 0.224 e. The first kappa shape index (κ1) is 31.1. The Bertz CT molecular complexity index is 1290. The van der Waals surface area contributed by atoms with Gasteiger partial charge in [-0.3, -0.25) is 9.59 Å². The third-order valence-corrected chi connectivity index (χ3v) is 8.96. The maximum absolute atomic E-state index is 12.6. The number of anilines is 1. The van der Waals surface area contributed by atoms with Crippen LogP contribution in [0.25, 0.3) is 0 Å². The predicted octanol–water partition coefficient (Wildman–Crippen LogP) is 5.56. The third kappa shape index (κ3) is 9.34. The molecule has 4 rings (SSSR count). The van der Waals surface area contributed by atoms with Gasteiger partial charge in [-0.05, 0) is 43.0 Å². The van der Waals surface area contributed by atoms with Gasteiger partial charge in [0.1, 0.15) is 5.01 Å². The van der Waals surface area contributed by atoms with E-state index in [1.54, 1.807) is 23.1 Å². The van der Waals surface area contributed by atoms with Gasteiger partial charge in [-0.1, -0.05) is 72.8 Å². The van der Waals surface area contributed by atoms with E-state index >= 15 is 0 Å². The number of ether oxygens (including phenoxy) is 2. The molecule has 3 aromatic rings. The van der Waals surface area contributed by atoms with Gasteiger partial charge in [-0.2, -0.15) is 0 Å².